The van der Waals surface area contributed by atoms with Gasteiger partial charge < -0.3 is 20.3 Å². The van der Waals surface area contributed by atoms with Crippen molar-refractivity contribution in [3.8, 4) is 17.2 Å². The van der Waals surface area contributed by atoms with Gasteiger partial charge in [0.15, 0.2) is 16.7 Å². The van der Waals surface area contributed by atoms with E-state index in [9.17, 15) is 19.8 Å². The van der Waals surface area contributed by atoms with Crippen LogP contribution in [0.1, 0.15) is 12.0 Å². The summed E-state index contributed by atoms with van der Waals surface area (Å²) < 4.78 is 5.09. The molecule has 36 heavy (non-hydrogen) atoms. The van der Waals surface area contributed by atoms with E-state index in [4.69, 9.17) is 16.3 Å². The minimum atomic E-state index is -0.728. The summed E-state index contributed by atoms with van der Waals surface area (Å²) in [6.45, 7) is 0. The van der Waals surface area contributed by atoms with Crippen molar-refractivity contribution in [2.75, 3.05) is 17.3 Å². The first kappa shape index (κ1) is 25.1. The maximum atomic E-state index is 13.3. The summed E-state index contributed by atoms with van der Waals surface area (Å²) in [4.78, 5) is 27.2. The molecule has 4 rings (SSSR count). The number of carbonyl (C=O) groups excluding carboxylic acids is 2. The average Bonchev–Trinajstić information content (AvgIpc) is 3.16. The standard InChI is InChI=1S/C25H21ClN4O5S/c1-35-21-12-15(2-11-20(21)32)14-27-29-25-30(18-7-9-19(31)10-8-18)24(34)22(36-25)13-23(33)28-17-5-3-16(26)4-6-17/h2-12,14,22,31-32H,13H2,1H3,(H,28,33). The molecule has 9 nitrogen and oxygen atoms in total. The molecule has 0 saturated carbocycles. The van der Waals surface area contributed by atoms with Crippen LogP contribution in [0.15, 0.2) is 76.9 Å². The Morgan fingerprint density at radius 1 is 1.14 bits per heavy atom. The van der Waals surface area contributed by atoms with Crippen LogP contribution >= 0.6 is 23.4 Å². The number of hydrogen-bond donors (Lipinski definition) is 3. The number of amidine groups is 1. The van der Waals surface area contributed by atoms with E-state index in [2.05, 4.69) is 15.5 Å². The van der Waals surface area contributed by atoms with Crippen LogP contribution in [0.3, 0.4) is 0 Å². The summed E-state index contributed by atoms with van der Waals surface area (Å²) in [6, 6.07) is 17.4. The highest BCUT2D eigenvalue weighted by Crippen LogP contribution is 2.35. The summed E-state index contributed by atoms with van der Waals surface area (Å²) in [6.07, 6.45) is 1.37. The van der Waals surface area contributed by atoms with E-state index in [-0.39, 0.29) is 40.7 Å². The number of aromatic hydroxyl groups is 2. The number of hydrogen-bond acceptors (Lipinski definition) is 8. The van der Waals surface area contributed by atoms with Gasteiger partial charge in [-0.25, -0.2) is 0 Å². The molecule has 3 N–H and O–H groups in total. The van der Waals surface area contributed by atoms with Crippen molar-refractivity contribution < 1.29 is 24.5 Å². The predicted octanol–water partition coefficient (Wildman–Crippen LogP) is 4.63. The molecule has 2 amide bonds. The zero-order valence-electron chi connectivity index (χ0n) is 19.0. The van der Waals surface area contributed by atoms with Gasteiger partial charge in [0.1, 0.15) is 11.0 Å². The van der Waals surface area contributed by atoms with E-state index in [1.807, 2.05) is 0 Å². The first-order valence-electron chi connectivity index (χ1n) is 10.7. The summed E-state index contributed by atoms with van der Waals surface area (Å²) in [5.41, 5.74) is 1.67. The second kappa shape index (κ2) is 11.1. The molecule has 1 heterocycles. The lowest BCUT2D eigenvalue weighted by Gasteiger charge is -2.16. The van der Waals surface area contributed by atoms with Gasteiger partial charge in [-0.15, -0.1) is 5.10 Å². The van der Waals surface area contributed by atoms with Crippen LogP contribution in [0.5, 0.6) is 17.2 Å². The third kappa shape index (κ3) is 5.96. The van der Waals surface area contributed by atoms with Gasteiger partial charge in [0.25, 0.3) is 0 Å². The highest BCUT2D eigenvalue weighted by Gasteiger charge is 2.40. The number of methoxy groups -OCH3 is 1. The van der Waals surface area contributed by atoms with Crippen molar-refractivity contribution >= 4 is 57.9 Å². The van der Waals surface area contributed by atoms with Gasteiger partial charge in [-0.1, -0.05) is 23.4 Å². The van der Waals surface area contributed by atoms with Crippen molar-refractivity contribution in [3.05, 3.63) is 77.3 Å². The number of phenolic OH excluding ortho intramolecular Hbond substituents is 2. The molecule has 0 aliphatic carbocycles. The van der Waals surface area contributed by atoms with E-state index in [0.29, 0.717) is 22.0 Å². The molecular formula is C25H21ClN4O5S. The number of halogens is 1. The summed E-state index contributed by atoms with van der Waals surface area (Å²) in [5.74, 6) is -0.340. The van der Waals surface area contributed by atoms with Crippen LogP contribution in [0, 0.1) is 0 Å². The first-order chi connectivity index (χ1) is 17.3. The summed E-state index contributed by atoms with van der Waals surface area (Å²) in [7, 11) is 1.44. The number of benzene rings is 3. The lowest BCUT2D eigenvalue weighted by Crippen LogP contribution is -2.33. The second-order valence-corrected chi connectivity index (χ2v) is 9.22. The Morgan fingerprint density at radius 2 is 1.86 bits per heavy atom. The molecule has 3 aromatic carbocycles. The summed E-state index contributed by atoms with van der Waals surface area (Å²) in [5, 5.41) is 30.6. The van der Waals surface area contributed by atoms with Crippen molar-refractivity contribution in [1.82, 2.24) is 0 Å². The Morgan fingerprint density at radius 3 is 2.56 bits per heavy atom. The van der Waals surface area contributed by atoms with Gasteiger partial charge >= 0.3 is 0 Å². The molecule has 0 bridgehead atoms. The number of ether oxygens (including phenoxy) is 1. The number of nitrogens with one attached hydrogen (secondary N) is 1. The van der Waals surface area contributed by atoms with Gasteiger partial charge in [0.05, 0.1) is 19.0 Å². The van der Waals surface area contributed by atoms with E-state index in [1.165, 1.54) is 36.4 Å². The van der Waals surface area contributed by atoms with Crippen molar-refractivity contribution in [3.63, 3.8) is 0 Å². The normalized spacial score (nSPS) is 16.6. The first-order valence-corrected chi connectivity index (χ1v) is 11.9. The smallest absolute Gasteiger partial charge is 0.247 e. The van der Waals surface area contributed by atoms with Gasteiger partial charge in [-0.05, 0) is 72.3 Å². The van der Waals surface area contributed by atoms with Crippen LogP contribution in [-0.2, 0) is 9.59 Å². The molecule has 1 saturated heterocycles. The Bertz CT molecular complexity index is 1330. The fourth-order valence-corrected chi connectivity index (χ4v) is 4.55. The minimum Gasteiger partial charge on any atom is -0.508 e. The van der Waals surface area contributed by atoms with E-state index in [0.717, 1.165) is 11.8 Å². The van der Waals surface area contributed by atoms with Gasteiger partial charge in [0, 0.05) is 17.1 Å². The Labute approximate surface area is 216 Å². The Kier molecular flexibility index (Phi) is 7.77. The van der Waals surface area contributed by atoms with Gasteiger partial charge in [0.2, 0.25) is 11.8 Å². The Balaban J connectivity index is 1.55. The third-order valence-electron chi connectivity index (χ3n) is 5.10. The molecule has 11 heteroatoms. The maximum absolute atomic E-state index is 13.3. The molecule has 0 spiro atoms. The maximum Gasteiger partial charge on any atom is 0.247 e. The average molecular weight is 525 g/mol. The number of nitrogens with zero attached hydrogens (tertiary/aromatic N) is 3. The number of phenols is 2. The topological polar surface area (TPSA) is 124 Å². The van der Waals surface area contributed by atoms with E-state index < -0.39 is 5.25 Å². The van der Waals surface area contributed by atoms with Crippen LogP contribution in [0.4, 0.5) is 11.4 Å². The lowest BCUT2D eigenvalue weighted by atomic mass is 10.2. The minimum absolute atomic E-state index is 0.00358. The highest BCUT2D eigenvalue weighted by atomic mass is 35.5. The highest BCUT2D eigenvalue weighted by molar-refractivity contribution is 8.16. The zero-order chi connectivity index (χ0) is 25.7. The largest absolute Gasteiger partial charge is 0.508 e. The number of rotatable bonds is 7. The molecule has 0 radical (unpaired) electrons. The molecule has 1 aliphatic rings. The zero-order valence-corrected chi connectivity index (χ0v) is 20.5. The van der Waals surface area contributed by atoms with E-state index in [1.54, 1.807) is 48.5 Å². The molecule has 0 aromatic heterocycles. The molecule has 1 fully saturated rings. The molecular weight excluding hydrogens is 504 g/mol. The molecule has 1 aliphatic heterocycles. The number of amides is 2. The van der Waals surface area contributed by atoms with Crippen molar-refractivity contribution in [2.24, 2.45) is 10.2 Å². The molecule has 184 valence electrons. The monoisotopic (exact) mass is 524 g/mol. The van der Waals surface area contributed by atoms with Crippen LogP contribution in [0.2, 0.25) is 5.02 Å². The van der Waals surface area contributed by atoms with E-state index >= 15 is 0 Å². The van der Waals surface area contributed by atoms with Crippen LogP contribution < -0.4 is 15.0 Å². The SMILES string of the molecule is COc1cc(C=NN=C2SC(CC(=O)Nc3ccc(Cl)cc3)C(=O)N2c2ccc(O)cc2)ccc1O. The number of thioether (sulfide) groups is 1. The molecule has 1 atom stereocenters. The fraction of sp³-hybridized carbons (Fsp3) is 0.120. The summed E-state index contributed by atoms with van der Waals surface area (Å²) >= 11 is 7.00. The van der Waals surface area contributed by atoms with Crippen molar-refractivity contribution in [2.45, 2.75) is 11.7 Å². The van der Waals surface area contributed by atoms with Crippen LogP contribution in [-0.4, -0.2) is 45.8 Å². The van der Waals surface area contributed by atoms with Gasteiger partial charge in [-0.2, -0.15) is 5.10 Å². The second-order valence-electron chi connectivity index (χ2n) is 7.61. The fourth-order valence-electron chi connectivity index (χ4n) is 3.34. The van der Waals surface area contributed by atoms with Gasteiger partial charge in [-0.3, -0.25) is 14.5 Å². The lowest BCUT2D eigenvalue weighted by molar-refractivity contribution is -0.121. The number of anilines is 2. The molecule has 3 aromatic rings. The third-order valence-corrected chi connectivity index (χ3v) is 6.48. The number of carbonyl (C=O) groups is 2. The predicted molar refractivity (Wildman–Crippen MR) is 141 cm³/mol. The Hall–Kier alpha value is -4.02. The quantitative estimate of drug-likeness (QED) is 0.306. The van der Waals surface area contributed by atoms with Crippen molar-refractivity contribution in [1.29, 1.82) is 0 Å². The van der Waals surface area contributed by atoms with Crippen LogP contribution in [0.25, 0.3) is 0 Å². The molecule has 1 unspecified atom stereocenters.